The fourth-order valence-corrected chi connectivity index (χ4v) is 11.1. The SMILES string of the molecule is C[C@H](CCO[Si](c1ccccc1)(c1ccccc1)C(C)(C)C)[C@@H](c1ccco1)N(C)C(=O)[C@H](C)N(CCc1ccccc1)C(=O)O. The molecule has 0 saturated carbocycles. The lowest BCUT2D eigenvalue weighted by molar-refractivity contribution is -0.138. The number of nitrogens with zero attached hydrogens (tertiary/aromatic N) is 2. The van der Waals surface area contributed by atoms with E-state index in [1.807, 2.05) is 54.6 Å². The maximum Gasteiger partial charge on any atom is 0.407 e. The molecule has 0 fully saturated rings. The van der Waals surface area contributed by atoms with Crippen LogP contribution in [0, 0.1) is 5.92 Å². The summed E-state index contributed by atoms with van der Waals surface area (Å²) in [6.07, 6.45) is 1.68. The van der Waals surface area contributed by atoms with Crippen LogP contribution in [0.25, 0.3) is 0 Å². The normalized spacial score (nSPS) is 13.9. The quantitative estimate of drug-likeness (QED) is 0.150. The van der Waals surface area contributed by atoms with Crippen molar-refractivity contribution in [2.75, 3.05) is 20.2 Å². The summed E-state index contributed by atoms with van der Waals surface area (Å²) in [6.45, 7) is 11.2. The Morgan fingerprint density at radius 3 is 1.87 bits per heavy atom. The van der Waals surface area contributed by atoms with Crippen LogP contribution in [0.4, 0.5) is 4.79 Å². The monoisotopic (exact) mass is 640 g/mol. The number of hydrogen-bond donors (Lipinski definition) is 1. The van der Waals surface area contributed by atoms with Crippen molar-refractivity contribution in [1.29, 1.82) is 0 Å². The molecule has 0 radical (unpaired) electrons. The average Bonchev–Trinajstić information content (AvgIpc) is 3.58. The van der Waals surface area contributed by atoms with Gasteiger partial charge in [0, 0.05) is 20.2 Å². The van der Waals surface area contributed by atoms with Gasteiger partial charge in [0.05, 0.1) is 12.3 Å². The molecule has 3 aromatic carbocycles. The van der Waals surface area contributed by atoms with Crippen molar-refractivity contribution in [2.45, 2.75) is 64.6 Å². The highest BCUT2D eigenvalue weighted by molar-refractivity contribution is 6.99. The minimum atomic E-state index is -2.72. The van der Waals surface area contributed by atoms with E-state index in [0.717, 1.165) is 5.56 Å². The average molecular weight is 641 g/mol. The highest BCUT2D eigenvalue weighted by Gasteiger charge is 2.50. The second kappa shape index (κ2) is 15.4. The summed E-state index contributed by atoms with van der Waals surface area (Å²) in [5.74, 6) is 0.330. The molecule has 0 aliphatic rings. The van der Waals surface area contributed by atoms with E-state index in [4.69, 9.17) is 8.84 Å². The van der Waals surface area contributed by atoms with Crippen LogP contribution in [0.3, 0.4) is 0 Å². The van der Waals surface area contributed by atoms with Gasteiger partial charge in [-0.3, -0.25) is 9.69 Å². The largest absolute Gasteiger partial charge is 0.467 e. The van der Waals surface area contributed by atoms with Crippen molar-refractivity contribution in [2.24, 2.45) is 5.92 Å². The van der Waals surface area contributed by atoms with Gasteiger partial charge in [-0.25, -0.2) is 4.79 Å². The molecule has 8 heteroatoms. The van der Waals surface area contributed by atoms with Crippen molar-refractivity contribution in [1.82, 2.24) is 9.80 Å². The van der Waals surface area contributed by atoms with Crippen molar-refractivity contribution in [3.63, 3.8) is 0 Å². The number of furan rings is 1. The van der Waals surface area contributed by atoms with Gasteiger partial charge in [0.15, 0.2) is 0 Å². The van der Waals surface area contributed by atoms with Gasteiger partial charge in [-0.1, -0.05) is 119 Å². The van der Waals surface area contributed by atoms with E-state index in [9.17, 15) is 14.7 Å². The van der Waals surface area contributed by atoms with Crippen LogP contribution in [0.15, 0.2) is 114 Å². The summed E-state index contributed by atoms with van der Waals surface area (Å²) in [5.41, 5.74) is 1.02. The zero-order chi connectivity index (χ0) is 33.3. The molecule has 2 amide bonds. The lowest BCUT2D eigenvalue weighted by atomic mass is 9.94. The Balaban J connectivity index is 1.55. The number of carbonyl (C=O) groups is 2. The summed E-state index contributed by atoms with van der Waals surface area (Å²) >= 11 is 0. The molecular weight excluding hydrogens is 593 g/mol. The fourth-order valence-electron chi connectivity index (χ4n) is 6.54. The lowest BCUT2D eigenvalue weighted by Gasteiger charge is -2.43. The Labute approximate surface area is 274 Å². The van der Waals surface area contributed by atoms with E-state index in [-0.39, 0.29) is 23.4 Å². The van der Waals surface area contributed by atoms with Crippen molar-refractivity contribution in [3.05, 3.63) is 121 Å². The molecule has 244 valence electrons. The molecule has 0 spiro atoms. The number of carbonyl (C=O) groups excluding carboxylic acids is 1. The van der Waals surface area contributed by atoms with Crippen LogP contribution >= 0.6 is 0 Å². The molecule has 46 heavy (non-hydrogen) atoms. The van der Waals surface area contributed by atoms with Crippen LogP contribution in [-0.2, 0) is 15.6 Å². The summed E-state index contributed by atoms with van der Waals surface area (Å²) in [4.78, 5) is 29.1. The molecule has 1 N–H and O–H groups in total. The third-order valence-corrected chi connectivity index (χ3v) is 14.0. The van der Waals surface area contributed by atoms with Gasteiger partial charge in [0.1, 0.15) is 11.8 Å². The topological polar surface area (TPSA) is 83.2 Å². The molecule has 0 unspecified atom stereocenters. The van der Waals surface area contributed by atoms with Gasteiger partial charge in [-0.15, -0.1) is 0 Å². The van der Waals surface area contributed by atoms with E-state index in [1.165, 1.54) is 15.3 Å². The second-order valence-corrected chi connectivity index (χ2v) is 17.4. The molecular formula is C38H48N2O5Si. The van der Waals surface area contributed by atoms with Crippen LogP contribution in [0.2, 0.25) is 5.04 Å². The van der Waals surface area contributed by atoms with Gasteiger partial charge >= 0.3 is 6.09 Å². The molecule has 0 aliphatic carbocycles. The number of amides is 2. The molecule has 4 aromatic rings. The van der Waals surface area contributed by atoms with Gasteiger partial charge in [0.2, 0.25) is 5.91 Å². The Morgan fingerprint density at radius 1 is 0.848 bits per heavy atom. The minimum absolute atomic E-state index is 0.0480. The Bertz CT molecular complexity index is 1470. The lowest BCUT2D eigenvalue weighted by Crippen LogP contribution is -2.66. The zero-order valence-corrected chi connectivity index (χ0v) is 28.9. The zero-order valence-electron chi connectivity index (χ0n) is 27.9. The smallest absolute Gasteiger partial charge is 0.407 e. The van der Waals surface area contributed by atoms with Crippen LogP contribution < -0.4 is 10.4 Å². The van der Waals surface area contributed by atoms with Gasteiger partial charge in [-0.2, -0.15) is 0 Å². The number of likely N-dealkylation sites (N-methyl/N-ethyl adjacent to an activating group) is 1. The minimum Gasteiger partial charge on any atom is -0.467 e. The maximum absolute atomic E-state index is 13.9. The van der Waals surface area contributed by atoms with E-state index in [2.05, 4.69) is 76.2 Å². The summed E-state index contributed by atoms with van der Waals surface area (Å²) in [6, 6.07) is 33.2. The first-order chi connectivity index (χ1) is 22.0. The first-order valence-electron chi connectivity index (χ1n) is 16.1. The molecule has 0 aliphatic heterocycles. The molecule has 4 rings (SSSR count). The number of hydrogen-bond acceptors (Lipinski definition) is 4. The molecule has 0 bridgehead atoms. The highest BCUT2D eigenvalue weighted by Crippen LogP contribution is 2.38. The molecule has 1 heterocycles. The summed E-state index contributed by atoms with van der Waals surface area (Å²) in [7, 11) is -0.986. The van der Waals surface area contributed by atoms with Crippen molar-refractivity contribution >= 4 is 30.7 Å². The molecule has 3 atom stereocenters. The van der Waals surface area contributed by atoms with Gasteiger partial charge in [-0.05, 0) is 58.8 Å². The number of rotatable bonds is 14. The first-order valence-corrected chi connectivity index (χ1v) is 18.0. The van der Waals surface area contributed by atoms with Crippen LogP contribution in [0.1, 0.15) is 58.4 Å². The fraction of sp³-hybridized carbons (Fsp3) is 0.368. The van der Waals surface area contributed by atoms with E-state index >= 15 is 0 Å². The number of benzene rings is 3. The standard InChI is InChI=1S/C38H48N2O5Si/c1-29(25-28-45-46(38(3,4)5,32-19-12-8-13-20-32)33-21-14-9-15-22-33)35(34-23-16-27-44-34)39(6)36(41)30(2)40(37(42)43)26-24-31-17-10-7-11-18-31/h7-23,27,29-30,35H,24-26,28H2,1-6H3,(H,42,43)/t29-,30+,35+/m1/s1. The molecule has 7 nitrogen and oxygen atoms in total. The Morgan fingerprint density at radius 2 is 1.39 bits per heavy atom. The van der Waals surface area contributed by atoms with Gasteiger partial charge < -0.3 is 18.8 Å². The summed E-state index contributed by atoms with van der Waals surface area (Å²) in [5, 5.41) is 12.3. The first kappa shape index (κ1) is 34.7. The van der Waals surface area contributed by atoms with Crippen LogP contribution in [-0.4, -0.2) is 61.5 Å². The molecule has 0 saturated heterocycles. The summed E-state index contributed by atoms with van der Waals surface area (Å²) < 4.78 is 13.0. The maximum atomic E-state index is 13.9. The van der Waals surface area contributed by atoms with E-state index in [0.29, 0.717) is 25.2 Å². The predicted octanol–water partition coefficient (Wildman–Crippen LogP) is 6.99. The van der Waals surface area contributed by atoms with E-state index < -0.39 is 26.5 Å². The Kier molecular flexibility index (Phi) is 11.6. The highest BCUT2D eigenvalue weighted by atomic mass is 28.4. The van der Waals surface area contributed by atoms with Crippen molar-refractivity contribution < 1.29 is 23.5 Å². The van der Waals surface area contributed by atoms with Gasteiger partial charge in [0.25, 0.3) is 8.32 Å². The predicted molar refractivity (Wildman–Crippen MR) is 186 cm³/mol. The van der Waals surface area contributed by atoms with Crippen LogP contribution in [0.5, 0.6) is 0 Å². The molecule has 1 aromatic heterocycles. The Hall–Kier alpha value is -4.14. The van der Waals surface area contributed by atoms with Crippen molar-refractivity contribution in [3.8, 4) is 0 Å². The second-order valence-electron chi connectivity index (χ2n) is 13.1. The third kappa shape index (κ3) is 7.80. The number of carboxylic acid groups (broad SMARTS) is 1. The van der Waals surface area contributed by atoms with E-state index in [1.54, 1.807) is 25.1 Å². The third-order valence-electron chi connectivity index (χ3n) is 9.00.